The Morgan fingerprint density at radius 1 is 1.11 bits per heavy atom. The summed E-state index contributed by atoms with van der Waals surface area (Å²) in [6.07, 6.45) is 0. The first-order valence-electron chi connectivity index (χ1n) is 5.39. The van der Waals surface area contributed by atoms with Crippen LogP contribution >= 0.6 is 25.3 Å². The maximum absolute atomic E-state index is 12.0. The molecule has 0 saturated carbocycles. The van der Waals surface area contributed by atoms with Crippen LogP contribution in [0.1, 0.15) is 6.92 Å². The average molecular weight is 295 g/mol. The molecule has 0 aliphatic heterocycles. The number of thiol groups is 2. The third kappa shape index (κ3) is 4.02. The zero-order valence-electron chi connectivity index (χ0n) is 10.5. The van der Waals surface area contributed by atoms with E-state index in [0.29, 0.717) is 6.54 Å². The van der Waals surface area contributed by atoms with Crippen LogP contribution in [0.15, 0.2) is 0 Å². The molecule has 0 fully saturated rings. The molecule has 0 saturated heterocycles. The highest BCUT2D eigenvalue weighted by atomic mass is 32.1. The van der Waals surface area contributed by atoms with Crippen LogP contribution in [0.2, 0.25) is 0 Å². The summed E-state index contributed by atoms with van der Waals surface area (Å²) in [7, 11) is 1.41. The molecule has 0 rings (SSSR count). The van der Waals surface area contributed by atoms with Crippen LogP contribution < -0.4 is 27.4 Å². The molecule has 0 spiro atoms. The number of rotatable bonds is 7. The van der Waals surface area contributed by atoms with E-state index in [1.807, 2.05) is 0 Å². The standard InChI is InChI=1S/C9H21N5O2S2/c1-3-13-8(10,4-17)7(16)14-9(11,5-18)6(15)12-2/h13,17-18H,3-5,10-11H2,1-2H3,(H,12,15)(H,14,16)/t8-,9?/m0/s1. The summed E-state index contributed by atoms with van der Waals surface area (Å²) in [6, 6.07) is 0. The van der Waals surface area contributed by atoms with Gasteiger partial charge in [-0.2, -0.15) is 25.3 Å². The number of likely N-dealkylation sites (N-methyl/N-ethyl adjacent to an activating group) is 2. The largest absolute Gasteiger partial charge is 0.356 e. The Labute approximate surface area is 118 Å². The lowest BCUT2D eigenvalue weighted by Crippen LogP contribution is -2.73. The molecule has 0 aromatic heterocycles. The molecule has 7 nitrogen and oxygen atoms in total. The van der Waals surface area contributed by atoms with Gasteiger partial charge in [0.25, 0.3) is 11.8 Å². The minimum absolute atomic E-state index is 0.0586. The third-order valence-corrected chi connectivity index (χ3v) is 3.36. The molecule has 0 aromatic carbocycles. The Kier molecular flexibility index (Phi) is 7.00. The van der Waals surface area contributed by atoms with E-state index in [-0.39, 0.29) is 11.5 Å². The van der Waals surface area contributed by atoms with E-state index >= 15 is 0 Å². The van der Waals surface area contributed by atoms with Gasteiger partial charge in [-0.15, -0.1) is 0 Å². The zero-order chi connectivity index (χ0) is 14.4. The summed E-state index contributed by atoms with van der Waals surface area (Å²) in [5.74, 6) is -1.17. The Bertz CT molecular complexity index is 317. The molecule has 0 aliphatic rings. The lowest BCUT2D eigenvalue weighted by molar-refractivity contribution is -0.135. The van der Waals surface area contributed by atoms with Gasteiger partial charge in [0.2, 0.25) is 0 Å². The second kappa shape index (κ2) is 7.19. The lowest BCUT2D eigenvalue weighted by atomic mass is 10.1. The fourth-order valence-corrected chi connectivity index (χ4v) is 1.71. The zero-order valence-corrected chi connectivity index (χ0v) is 12.3. The van der Waals surface area contributed by atoms with Crippen LogP contribution in [0.25, 0.3) is 0 Å². The summed E-state index contributed by atoms with van der Waals surface area (Å²) in [5, 5.41) is 7.53. The molecule has 0 heterocycles. The van der Waals surface area contributed by atoms with Crippen molar-refractivity contribution in [3.05, 3.63) is 0 Å². The van der Waals surface area contributed by atoms with E-state index in [2.05, 4.69) is 41.2 Å². The van der Waals surface area contributed by atoms with Gasteiger partial charge in [0.1, 0.15) is 0 Å². The van der Waals surface area contributed by atoms with Gasteiger partial charge >= 0.3 is 0 Å². The number of carbonyl (C=O) groups excluding carboxylic acids is 2. The topological polar surface area (TPSA) is 122 Å². The molecular weight excluding hydrogens is 274 g/mol. The van der Waals surface area contributed by atoms with Crippen LogP contribution in [0, 0.1) is 0 Å². The highest BCUT2D eigenvalue weighted by molar-refractivity contribution is 7.80. The normalized spacial score (nSPS) is 17.4. The van der Waals surface area contributed by atoms with Crippen molar-refractivity contribution in [2.24, 2.45) is 11.5 Å². The quantitative estimate of drug-likeness (QED) is 0.209. The van der Waals surface area contributed by atoms with Crippen LogP contribution in [0.5, 0.6) is 0 Å². The Hall–Kier alpha value is -0.480. The predicted molar refractivity (Wildman–Crippen MR) is 77.4 cm³/mol. The molecule has 7 N–H and O–H groups in total. The van der Waals surface area contributed by atoms with Crippen LogP contribution in [0.4, 0.5) is 0 Å². The molecule has 2 amide bonds. The van der Waals surface area contributed by atoms with Crippen molar-refractivity contribution in [1.82, 2.24) is 16.0 Å². The van der Waals surface area contributed by atoms with Crippen molar-refractivity contribution in [2.75, 3.05) is 25.1 Å². The molecule has 9 heteroatoms. The molecular formula is C9H21N5O2S2. The van der Waals surface area contributed by atoms with E-state index in [1.54, 1.807) is 6.92 Å². The number of hydrogen-bond donors (Lipinski definition) is 7. The average Bonchev–Trinajstić information content (AvgIpc) is 2.37. The number of hydrogen-bond acceptors (Lipinski definition) is 7. The predicted octanol–water partition coefficient (Wildman–Crippen LogP) is -2.37. The minimum Gasteiger partial charge on any atom is -0.356 e. The number of nitrogens with two attached hydrogens (primary N) is 2. The Morgan fingerprint density at radius 3 is 1.94 bits per heavy atom. The molecule has 0 aliphatic carbocycles. The SMILES string of the molecule is CCN[C@@](N)(CS)C(=O)NC(N)(CS)C(=O)NC. The first-order valence-corrected chi connectivity index (χ1v) is 6.65. The van der Waals surface area contributed by atoms with Gasteiger partial charge in [0.05, 0.1) is 0 Å². The first kappa shape index (κ1) is 17.5. The second-order valence-corrected chi connectivity index (χ2v) is 4.45. The van der Waals surface area contributed by atoms with Crippen LogP contribution in [-0.2, 0) is 9.59 Å². The van der Waals surface area contributed by atoms with E-state index < -0.39 is 23.1 Å². The molecule has 0 radical (unpaired) electrons. The van der Waals surface area contributed by atoms with E-state index in [4.69, 9.17) is 11.5 Å². The third-order valence-electron chi connectivity index (χ3n) is 2.37. The highest BCUT2D eigenvalue weighted by Crippen LogP contribution is 2.05. The number of nitrogens with one attached hydrogen (secondary N) is 3. The van der Waals surface area contributed by atoms with Crippen molar-refractivity contribution in [2.45, 2.75) is 18.2 Å². The van der Waals surface area contributed by atoms with Gasteiger partial charge in [0.15, 0.2) is 11.3 Å². The summed E-state index contributed by atoms with van der Waals surface area (Å²) in [6.45, 7) is 2.27. The molecule has 2 atom stereocenters. The van der Waals surface area contributed by atoms with E-state index in [0.717, 1.165) is 0 Å². The summed E-state index contributed by atoms with van der Waals surface area (Å²) in [4.78, 5) is 23.6. The van der Waals surface area contributed by atoms with E-state index in [1.165, 1.54) is 7.05 Å². The molecule has 0 bridgehead atoms. The smallest absolute Gasteiger partial charge is 0.261 e. The van der Waals surface area contributed by atoms with Crippen molar-refractivity contribution in [1.29, 1.82) is 0 Å². The van der Waals surface area contributed by atoms with Crippen LogP contribution in [0.3, 0.4) is 0 Å². The number of carbonyl (C=O) groups is 2. The van der Waals surface area contributed by atoms with E-state index in [9.17, 15) is 9.59 Å². The fraction of sp³-hybridized carbons (Fsp3) is 0.778. The molecule has 18 heavy (non-hydrogen) atoms. The second-order valence-electron chi connectivity index (χ2n) is 3.82. The fourth-order valence-electron chi connectivity index (χ4n) is 1.23. The Balaban J connectivity index is 4.95. The van der Waals surface area contributed by atoms with Gasteiger partial charge in [-0.25, -0.2) is 0 Å². The minimum atomic E-state index is -1.61. The molecule has 0 aromatic rings. The maximum atomic E-state index is 12.0. The highest BCUT2D eigenvalue weighted by Gasteiger charge is 2.40. The first-order chi connectivity index (χ1) is 8.29. The van der Waals surface area contributed by atoms with Crippen molar-refractivity contribution < 1.29 is 9.59 Å². The maximum Gasteiger partial charge on any atom is 0.261 e. The Morgan fingerprint density at radius 2 is 1.61 bits per heavy atom. The summed E-state index contributed by atoms with van der Waals surface area (Å²) >= 11 is 7.98. The van der Waals surface area contributed by atoms with Gasteiger partial charge in [-0.1, -0.05) is 6.92 Å². The van der Waals surface area contributed by atoms with Crippen molar-refractivity contribution in [3.8, 4) is 0 Å². The summed E-state index contributed by atoms with van der Waals surface area (Å²) in [5.41, 5.74) is 8.61. The molecule has 106 valence electrons. The van der Waals surface area contributed by atoms with Crippen molar-refractivity contribution in [3.63, 3.8) is 0 Å². The van der Waals surface area contributed by atoms with Crippen LogP contribution in [-0.4, -0.2) is 48.2 Å². The summed E-state index contributed by atoms with van der Waals surface area (Å²) < 4.78 is 0. The van der Waals surface area contributed by atoms with Gasteiger partial charge < -0.3 is 22.1 Å². The monoisotopic (exact) mass is 295 g/mol. The van der Waals surface area contributed by atoms with Gasteiger partial charge in [0, 0.05) is 18.6 Å². The van der Waals surface area contributed by atoms with Gasteiger partial charge in [-0.05, 0) is 6.54 Å². The van der Waals surface area contributed by atoms with Gasteiger partial charge in [-0.3, -0.25) is 14.9 Å². The lowest BCUT2D eigenvalue weighted by Gasteiger charge is -2.33. The molecule has 1 unspecified atom stereocenters. The van der Waals surface area contributed by atoms with Crippen molar-refractivity contribution >= 4 is 37.1 Å². The number of amides is 2.